The minimum atomic E-state index is -0.707. The highest BCUT2D eigenvalue weighted by Gasteiger charge is 2.35. The van der Waals surface area contributed by atoms with E-state index in [4.69, 9.17) is 16.9 Å². The summed E-state index contributed by atoms with van der Waals surface area (Å²) in [5.41, 5.74) is 13.5. The van der Waals surface area contributed by atoms with Gasteiger partial charge in [0.1, 0.15) is 5.82 Å². The van der Waals surface area contributed by atoms with Gasteiger partial charge < -0.3 is 27.1 Å². The van der Waals surface area contributed by atoms with Crippen LogP contribution in [0.25, 0.3) is 0 Å². The van der Waals surface area contributed by atoms with Crippen LogP contribution < -0.4 is 16.8 Å². The summed E-state index contributed by atoms with van der Waals surface area (Å²) in [6.45, 7) is 4.34. The second-order valence-corrected chi connectivity index (χ2v) is 8.26. The Labute approximate surface area is 167 Å². The fourth-order valence-electron chi connectivity index (χ4n) is 3.36. The topological polar surface area (TPSA) is 138 Å². The molecule has 9 heteroatoms. The number of piperidine rings is 1. The maximum Gasteiger partial charge on any atom is 0.313 e. The number of rotatable bonds is 3. The van der Waals surface area contributed by atoms with Gasteiger partial charge in [0, 0.05) is 23.2 Å². The van der Waals surface area contributed by atoms with Crippen LogP contribution in [0.15, 0.2) is 18.3 Å². The Hall–Kier alpha value is -2.94. The quantitative estimate of drug-likeness (QED) is 0.463. The van der Waals surface area contributed by atoms with E-state index in [9.17, 15) is 9.59 Å². The molecular weight excluding hydrogens is 376 g/mol. The third-order valence-corrected chi connectivity index (χ3v) is 6.02. The lowest BCUT2D eigenvalue weighted by Gasteiger charge is -2.37. The third kappa shape index (κ3) is 3.99. The number of nitrogen functional groups attached to an aromatic ring is 2. The summed E-state index contributed by atoms with van der Waals surface area (Å²) in [5, 5.41) is 10.6. The number of anilines is 3. The Morgan fingerprint density at radius 3 is 2.75 bits per heavy atom. The zero-order chi connectivity index (χ0) is 20.4. The van der Waals surface area contributed by atoms with E-state index in [0.29, 0.717) is 34.5 Å². The van der Waals surface area contributed by atoms with Gasteiger partial charge in [-0.25, -0.2) is 4.98 Å². The molecule has 2 amide bonds. The normalized spacial score (nSPS) is 19.3. The van der Waals surface area contributed by atoms with Crippen molar-refractivity contribution < 1.29 is 9.59 Å². The Morgan fingerprint density at radius 2 is 2.11 bits per heavy atom. The van der Waals surface area contributed by atoms with Crippen molar-refractivity contribution in [2.24, 2.45) is 5.92 Å². The summed E-state index contributed by atoms with van der Waals surface area (Å²) < 4.78 is 0. The number of nitrogens with two attached hydrogens (primary N) is 2. The van der Waals surface area contributed by atoms with Gasteiger partial charge in [-0.3, -0.25) is 9.59 Å². The number of hydrogen-bond donors (Lipinski definition) is 4. The van der Waals surface area contributed by atoms with Crippen molar-refractivity contribution in [2.75, 3.05) is 23.3 Å². The van der Waals surface area contributed by atoms with E-state index in [0.717, 1.165) is 23.3 Å². The number of carbonyl (C=O) groups excluding carboxylic acids is 2. The summed E-state index contributed by atoms with van der Waals surface area (Å²) in [7, 11) is 0. The molecule has 0 saturated carbocycles. The molecule has 0 unspecified atom stereocenters. The number of nitrogens with zero attached hydrogens (tertiary/aromatic N) is 2. The fourth-order valence-corrected chi connectivity index (χ4v) is 4.41. The van der Waals surface area contributed by atoms with Crippen molar-refractivity contribution in [1.82, 2.24) is 9.88 Å². The summed E-state index contributed by atoms with van der Waals surface area (Å²) in [5.74, 6) is -0.615. The number of thiophene rings is 1. The summed E-state index contributed by atoms with van der Waals surface area (Å²) >= 11 is 1.36. The minimum absolute atomic E-state index is 0.221. The van der Waals surface area contributed by atoms with Crippen molar-refractivity contribution in [3.8, 4) is 0 Å². The van der Waals surface area contributed by atoms with Crippen LogP contribution in [0.3, 0.4) is 0 Å². The van der Waals surface area contributed by atoms with Crippen LogP contribution in [0.1, 0.15) is 41.8 Å². The zero-order valence-electron chi connectivity index (χ0n) is 15.9. The van der Waals surface area contributed by atoms with Gasteiger partial charge >= 0.3 is 11.8 Å². The number of hydrogen-bond acceptors (Lipinski definition) is 7. The van der Waals surface area contributed by atoms with Crippen LogP contribution in [0.5, 0.6) is 0 Å². The van der Waals surface area contributed by atoms with Crippen molar-refractivity contribution in [3.63, 3.8) is 0 Å². The van der Waals surface area contributed by atoms with Gasteiger partial charge in [0.25, 0.3) is 0 Å². The van der Waals surface area contributed by atoms with Crippen LogP contribution in [-0.4, -0.2) is 34.5 Å². The van der Waals surface area contributed by atoms with Crippen LogP contribution in [-0.2, 0) is 9.59 Å². The standard InChI is InChI=1S/C19H24N6O2S/c1-10-3-4-14(15-6-12(7-20)17(22)28-15)25(9-10)19(27)18(26)24-13-5-11(2)16(21)23-8-13/h5-8,10,14,20H,3-4,9,22H2,1-2H3,(H2,21,23)(H,24,26)/t10-,14+/m0/s1. The van der Waals surface area contributed by atoms with Crippen molar-refractivity contribution in [3.05, 3.63) is 34.3 Å². The second kappa shape index (κ2) is 7.97. The molecule has 2 atom stereocenters. The molecule has 3 heterocycles. The molecule has 0 aliphatic carbocycles. The Morgan fingerprint density at radius 1 is 1.36 bits per heavy atom. The lowest BCUT2D eigenvalue weighted by molar-refractivity contribution is -0.146. The average molecular weight is 401 g/mol. The van der Waals surface area contributed by atoms with Gasteiger partial charge in [-0.1, -0.05) is 6.92 Å². The van der Waals surface area contributed by atoms with E-state index in [1.165, 1.54) is 23.7 Å². The van der Waals surface area contributed by atoms with Crippen LogP contribution in [0.2, 0.25) is 0 Å². The first-order chi connectivity index (χ1) is 13.3. The first-order valence-corrected chi connectivity index (χ1v) is 9.85. The predicted octanol–water partition coefficient (Wildman–Crippen LogP) is 2.55. The SMILES string of the molecule is Cc1cc(NC(=O)C(=O)N2C[C@@H](C)CC[C@@H]2c2cc(C=N)c(N)s2)cnc1N. The number of pyridine rings is 1. The van der Waals surface area contributed by atoms with E-state index >= 15 is 0 Å². The molecule has 0 aromatic carbocycles. The van der Waals surface area contributed by atoms with Gasteiger partial charge in [-0.05, 0) is 43.4 Å². The molecule has 148 valence electrons. The largest absolute Gasteiger partial charge is 0.390 e. The van der Waals surface area contributed by atoms with E-state index in [1.54, 1.807) is 17.9 Å². The average Bonchev–Trinajstić information content (AvgIpc) is 3.04. The van der Waals surface area contributed by atoms with Crippen LogP contribution in [0.4, 0.5) is 16.5 Å². The molecule has 1 saturated heterocycles. The fraction of sp³-hybridized carbons (Fsp3) is 0.368. The van der Waals surface area contributed by atoms with Gasteiger partial charge in [0.05, 0.1) is 22.9 Å². The molecule has 0 spiro atoms. The molecule has 0 bridgehead atoms. The molecular formula is C19H24N6O2S. The van der Waals surface area contributed by atoms with Gasteiger partial charge in [-0.2, -0.15) is 0 Å². The zero-order valence-corrected chi connectivity index (χ0v) is 16.7. The monoisotopic (exact) mass is 400 g/mol. The molecule has 28 heavy (non-hydrogen) atoms. The highest BCUT2D eigenvalue weighted by molar-refractivity contribution is 7.16. The third-order valence-electron chi connectivity index (χ3n) is 4.94. The number of carbonyl (C=O) groups is 2. The maximum atomic E-state index is 12.9. The molecule has 1 fully saturated rings. The number of likely N-dealkylation sites (tertiary alicyclic amines) is 1. The Balaban J connectivity index is 1.81. The van der Waals surface area contributed by atoms with E-state index in [-0.39, 0.29) is 6.04 Å². The Bertz CT molecular complexity index is 925. The summed E-state index contributed by atoms with van der Waals surface area (Å²) in [6, 6.07) is 3.29. The summed E-state index contributed by atoms with van der Waals surface area (Å²) in [6.07, 6.45) is 4.34. The molecule has 2 aromatic rings. The number of nitrogens with one attached hydrogen (secondary N) is 2. The smallest absolute Gasteiger partial charge is 0.313 e. The van der Waals surface area contributed by atoms with E-state index in [1.807, 2.05) is 6.07 Å². The Kier molecular flexibility index (Phi) is 5.64. The van der Waals surface area contributed by atoms with Gasteiger partial charge in [0.2, 0.25) is 0 Å². The van der Waals surface area contributed by atoms with Gasteiger partial charge in [-0.15, -0.1) is 11.3 Å². The molecule has 2 aromatic heterocycles. The molecule has 3 rings (SSSR count). The van der Waals surface area contributed by atoms with Crippen LogP contribution in [0, 0.1) is 18.3 Å². The van der Waals surface area contributed by atoms with E-state index in [2.05, 4.69) is 17.2 Å². The minimum Gasteiger partial charge on any atom is -0.390 e. The number of aryl methyl sites for hydroxylation is 1. The van der Waals surface area contributed by atoms with Crippen LogP contribution >= 0.6 is 11.3 Å². The highest BCUT2D eigenvalue weighted by Crippen LogP contribution is 2.39. The van der Waals surface area contributed by atoms with Crippen molar-refractivity contribution in [1.29, 1.82) is 5.41 Å². The molecule has 1 aliphatic rings. The first kappa shape index (κ1) is 19.8. The summed E-state index contributed by atoms with van der Waals surface area (Å²) in [4.78, 5) is 32.1. The van der Waals surface area contributed by atoms with E-state index < -0.39 is 11.8 Å². The number of aromatic nitrogens is 1. The molecule has 0 radical (unpaired) electrons. The molecule has 8 nitrogen and oxygen atoms in total. The highest BCUT2D eigenvalue weighted by atomic mass is 32.1. The molecule has 6 N–H and O–H groups in total. The first-order valence-electron chi connectivity index (χ1n) is 9.04. The predicted molar refractivity (Wildman–Crippen MR) is 111 cm³/mol. The van der Waals surface area contributed by atoms with Gasteiger partial charge in [0.15, 0.2) is 0 Å². The van der Waals surface area contributed by atoms with Crippen molar-refractivity contribution >= 4 is 45.9 Å². The lowest BCUT2D eigenvalue weighted by Crippen LogP contribution is -2.46. The lowest BCUT2D eigenvalue weighted by atomic mass is 9.93. The van der Waals surface area contributed by atoms with Crippen molar-refractivity contribution in [2.45, 2.75) is 32.7 Å². The molecule has 1 aliphatic heterocycles. The second-order valence-electron chi connectivity index (χ2n) is 7.15. The maximum absolute atomic E-state index is 12.9. The number of amides is 2.